The minimum absolute atomic E-state index is 0.383. The number of rotatable bonds is 4. The molecule has 2 aliphatic heterocycles. The summed E-state index contributed by atoms with van der Waals surface area (Å²) in [5.41, 5.74) is 2.36. The lowest BCUT2D eigenvalue weighted by molar-refractivity contribution is -0.147. The molecule has 0 saturated carbocycles. The van der Waals surface area contributed by atoms with Gasteiger partial charge in [0.2, 0.25) is 0 Å². The quantitative estimate of drug-likeness (QED) is 0.828. The van der Waals surface area contributed by atoms with Crippen LogP contribution in [0.1, 0.15) is 56.6 Å². The van der Waals surface area contributed by atoms with E-state index in [2.05, 4.69) is 35.3 Å². The van der Waals surface area contributed by atoms with Gasteiger partial charge in [-0.15, -0.1) is 0 Å². The van der Waals surface area contributed by atoms with Crippen LogP contribution in [0.25, 0.3) is 0 Å². The first kappa shape index (κ1) is 19.9. The average molecular weight is 372 g/mol. The van der Waals surface area contributed by atoms with Crippen LogP contribution >= 0.6 is 0 Å². The summed E-state index contributed by atoms with van der Waals surface area (Å²) in [7, 11) is 0. The van der Waals surface area contributed by atoms with Crippen LogP contribution in [0.15, 0.2) is 24.3 Å². The fourth-order valence-corrected chi connectivity index (χ4v) is 4.19. The summed E-state index contributed by atoms with van der Waals surface area (Å²) in [4.78, 5) is 29.0. The first-order valence-corrected chi connectivity index (χ1v) is 10.5. The molecule has 2 fully saturated rings. The number of carbonyl (C=O) groups is 2. The SMILES string of the molecule is CC1CCCN(C(=O)C(=O)NCc2ccccc2CN2CCCCCC2)C1. The summed E-state index contributed by atoms with van der Waals surface area (Å²) >= 11 is 0. The number of carbonyl (C=O) groups excluding carboxylic acids is 2. The second-order valence-corrected chi connectivity index (χ2v) is 8.14. The highest BCUT2D eigenvalue weighted by Gasteiger charge is 2.26. The predicted octanol–water partition coefficient (Wildman–Crippen LogP) is 2.94. The predicted molar refractivity (Wildman–Crippen MR) is 107 cm³/mol. The summed E-state index contributed by atoms with van der Waals surface area (Å²) in [5.74, 6) is -0.384. The monoisotopic (exact) mass is 371 g/mol. The van der Waals surface area contributed by atoms with E-state index in [1.807, 2.05) is 6.07 Å². The zero-order chi connectivity index (χ0) is 19.1. The van der Waals surface area contributed by atoms with E-state index < -0.39 is 5.91 Å². The molecular weight excluding hydrogens is 338 g/mol. The second kappa shape index (κ2) is 9.88. The molecule has 2 saturated heterocycles. The minimum atomic E-state index is -0.478. The molecule has 1 aromatic carbocycles. The molecule has 2 aliphatic rings. The third-order valence-electron chi connectivity index (χ3n) is 5.79. The largest absolute Gasteiger partial charge is 0.344 e. The van der Waals surface area contributed by atoms with Crippen LogP contribution in [0.5, 0.6) is 0 Å². The van der Waals surface area contributed by atoms with Crippen molar-refractivity contribution >= 4 is 11.8 Å². The number of hydrogen-bond acceptors (Lipinski definition) is 3. The van der Waals surface area contributed by atoms with Gasteiger partial charge in [-0.2, -0.15) is 0 Å². The maximum Gasteiger partial charge on any atom is 0.311 e. The highest BCUT2D eigenvalue weighted by molar-refractivity contribution is 6.34. The Morgan fingerprint density at radius 3 is 2.41 bits per heavy atom. The van der Waals surface area contributed by atoms with E-state index in [0.29, 0.717) is 25.6 Å². The third kappa shape index (κ3) is 5.80. The van der Waals surface area contributed by atoms with Crippen LogP contribution in [0, 0.1) is 5.92 Å². The lowest BCUT2D eigenvalue weighted by atomic mass is 10.0. The van der Waals surface area contributed by atoms with Crippen LogP contribution in [0.2, 0.25) is 0 Å². The topological polar surface area (TPSA) is 52.7 Å². The number of nitrogens with zero attached hydrogens (tertiary/aromatic N) is 2. The number of nitrogens with one attached hydrogen (secondary N) is 1. The third-order valence-corrected chi connectivity index (χ3v) is 5.79. The average Bonchev–Trinajstić information content (AvgIpc) is 2.95. The highest BCUT2D eigenvalue weighted by Crippen LogP contribution is 2.17. The standard InChI is InChI=1S/C22H33N3O2/c1-18-9-8-14-25(16-18)22(27)21(26)23-15-19-10-4-5-11-20(19)17-24-12-6-2-3-7-13-24/h4-5,10-11,18H,2-3,6-9,12-17H2,1H3,(H,23,26). The number of piperidine rings is 1. The molecule has 2 amide bonds. The van der Waals surface area contributed by atoms with Crippen molar-refractivity contribution in [1.29, 1.82) is 0 Å². The summed E-state index contributed by atoms with van der Waals surface area (Å²) in [5, 5.41) is 2.85. The molecule has 1 N–H and O–H groups in total. The molecule has 5 heteroatoms. The Morgan fingerprint density at radius 1 is 1.00 bits per heavy atom. The van der Waals surface area contributed by atoms with E-state index in [9.17, 15) is 9.59 Å². The molecule has 1 aromatic rings. The van der Waals surface area contributed by atoms with Gasteiger partial charge in [-0.1, -0.05) is 44.0 Å². The Balaban J connectivity index is 1.55. The van der Waals surface area contributed by atoms with Gasteiger partial charge in [0.05, 0.1) is 0 Å². The smallest absolute Gasteiger partial charge is 0.311 e. The van der Waals surface area contributed by atoms with Gasteiger partial charge in [0.25, 0.3) is 0 Å². The van der Waals surface area contributed by atoms with Crippen molar-refractivity contribution in [2.24, 2.45) is 5.92 Å². The van der Waals surface area contributed by atoms with Gasteiger partial charge >= 0.3 is 11.8 Å². The number of likely N-dealkylation sites (tertiary alicyclic amines) is 2. The maximum atomic E-state index is 12.4. The van der Waals surface area contributed by atoms with Crippen molar-refractivity contribution in [3.63, 3.8) is 0 Å². The number of hydrogen-bond donors (Lipinski definition) is 1. The second-order valence-electron chi connectivity index (χ2n) is 8.14. The molecule has 2 heterocycles. The van der Waals surface area contributed by atoms with E-state index >= 15 is 0 Å². The summed E-state index contributed by atoms with van der Waals surface area (Å²) in [6.07, 6.45) is 7.30. The van der Waals surface area contributed by atoms with Crippen molar-refractivity contribution in [1.82, 2.24) is 15.1 Å². The van der Waals surface area contributed by atoms with E-state index in [1.54, 1.807) is 4.90 Å². The number of amides is 2. The molecule has 3 rings (SSSR count). The first-order valence-electron chi connectivity index (χ1n) is 10.5. The van der Waals surface area contributed by atoms with Gasteiger partial charge in [-0.3, -0.25) is 14.5 Å². The van der Waals surface area contributed by atoms with Crippen LogP contribution in [-0.2, 0) is 22.7 Å². The molecule has 5 nitrogen and oxygen atoms in total. The zero-order valence-corrected chi connectivity index (χ0v) is 16.6. The molecule has 27 heavy (non-hydrogen) atoms. The number of benzene rings is 1. The molecular formula is C22H33N3O2. The minimum Gasteiger partial charge on any atom is -0.344 e. The van der Waals surface area contributed by atoms with E-state index in [0.717, 1.165) is 38.0 Å². The van der Waals surface area contributed by atoms with Crippen molar-refractivity contribution in [2.75, 3.05) is 26.2 Å². The Labute approximate surface area is 163 Å². The Kier molecular flexibility index (Phi) is 7.27. The molecule has 0 aromatic heterocycles. The molecule has 0 spiro atoms. The molecule has 1 unspecified atom stereocenters. The first-order chi connectivity index (χ1) is 13.1. The fourth-order valence-electron chi connectivity index (χ4n) is 4.19. The van der Waals surface area contributed by atoms with Crippen molar-refractivity contribution in [2.45, 2.75) is 58.5 Å². The van der Waals surface area contributed by atoms with Gasteiger partial charge in [0.1, 0.15) is 0 Å². The summed E-state index contributed by atoms with van der Waals surface area (Å²) in [6.45, 7) is 7.15. The van der Waals surface area contributed by atoms with Crippen molar-refractivity contribution in [3.8, 4) is 0 Å². The molecule has 1 atom stereocenters. The van der Waals surface area contributed by atoms with Crippen LogP contribution in [-0.4, -0.2) is 47.8 Å². The van der Waals surface area contributed by atoms with Gasteiger partial charge in [0.15, 0.2) is 0 Å². The highest BCUT2D eigenvalue weighted by atomic mass is 16.2. The Hall–Kier alpha value is -1.88. The lowest BCUT2D eigenvalue weighted by Gasteiger charge is -2.30. The van der Waals surface area contributed by atoms with E-state index in [-0.39, 0.29) is 5.91 Å². The molecule has 148 valence electrons. The van der Waals surface area contributed by atoms with Gasteiger partial charge in [-0.05, 0) is 55.8 Å². The summed E-state index contributed by atoms with van der Waals surface area (Å²) in [6, 6.07) is 8.25. The van der Waals surface area contributed by atoms with Crippen molar-refractivity contribution < 1.29 is 9.59 Å². The molecule has 0 aliphatic carbocycles. The van der Waals surface area contributed by atoms with E-state index in [4.69, 9.17) is 0 Å². The zero-order valence-electron chi connectivity index (χ0n) is 16.6. The van der Waals surface area contributed by atoms with Gasteiger partial charge < -0.3 is 10.2 Å². The van der Waals surface area contributed by atoms with E-state index in [1.165, 1.54) is 31.2 Å². The van der Waals surface area contributed by atoms with Gasteiger partial charge in [-0.25, -0.2) is 0 Å². The van der Waals surface area contributed by atoms with Crippen LogP contribution in [0.3, 0.4) is 0 Å². The molecule has 0 radical (unpaired) electrons. The normalized spacial score (nSPS) is 21.5. The Morgan fingerprint density at radius 2 is 1.70 bits per heavy atom. The van der Waals surface area contributed by atoms with Gasteiger partial charge in [0, 0.05) is 26.2 Å². The maximum absolute atomic E-state index is 12.4. The summed E-state index contributed by atoms with van der Waals surface area (Å²) < 4.78 is 0. The fraction of sp³-hybridized carbons (Fsp3) is 0.636. The molecule has 0 bridgehead atoms. The van der Waals surface area contributed by atoms with Crippen LogP contribution < -0.4 is 5.32 Å². The van der Waals surface area contributed by atoms with Crippen molar-refractivity contribution in [3.05, 3.63) is 35.4 Å². The Bertz CT molecular complexity index is 638. The van der Waals surface area contributed by atoms with Crippen LogP contribution in [0.4, 0.5) is 0 Å². The lowest BCUT2D eigenvalue weighted by Crippen LogP contribution is -2.46.